The number of fused-ring (bicyclic) bond motifs is 1. The molecule has 0 bridgehead atoms. The fraction of sp³-hybridized carbons (Fsp3) is 0.300. The topological polar surface area (TPSA) is 38.1 Å². The lowest BCUT2D eigenvalue weighted by molar-refractivity contribution is -0.130. The first-order valence-corrected chi connectivity index (χ1v) is 8.93. The smallest absolute Gasteiger partial charge is 0.242 e. The summed E-state index contributed by atoms with van der Waals surface area (Å²) in [6.45, 7) is 3.16. The van der Waals surface area contributed by atoms with Crippen LogP contribution in [0.25, 0.3) is 22.4 Å². The second-order valence-corrected chi connectivity index (χ2v) is 6.63. The molecule has 1 aromatic heterocycles. The van der Waals surface area contributed by atoms with Crippen molar-refractivity contribution in [3.63, 3.8) is 0 Å². The van der Waals surface area contributed by atoms with Crippen molar-refractivity contribution in [3.05, 3.63) is 53.6 Å². The third-order valence-electron chi connectivity index (χ3n) is 4.30. The Bertz CT molecular complexity index is 888. The van der Waals surface area contributed by atoms with Crippen LogP contribution < -0.4 is 0 Å². The number of rotatable bonds is 6. The Morgan fingerprint density at radius 2 is 2.00 bits per heavy atom. The van der Waals surface area contributed by atoms with Crippen molar-refractivity contribution >= 4 is 28.5 Å². The summed E-state index contributed by atoms with van der Waals surface area (Å²) < 4.78 is 1.98. The van der Waals surface area contributed by atoms with E-state index < -0.39 is 0 Å². The van der Waals surface area contributed by atoms with Gasteiger partial charge in [0.25, 0.3) is 0 Å². The molecule has 0 unspecified atom stereocenters. The molecule has 130 valence electrons. The maximum absolute atomic E-state index is 12.7. The molecule has 0 spiro atoms. The van der Waals surface area contributed by atoms with E-state index in [4.69, 9.17) is 16.6 Å². The molecule has 0 aliphatic rings. The first-order chi connectivity index (χ1) is 12.1. The van der Waals surface area contributed by atoms with E-state index in [1.807, 2.05) is 60.1 Å². The summed E-state index contributed by atoms with van der Waals surface area (Å²) in [4.78, 5) is 19.2. The van der Waals surface area contributed by atoms with Crippen LogP contribution in [0.2, 0.25) is 5.02 Å². The minimum atomic E-state index is 0.0832. The van der Waals surface area contributed by atoms with Gasteiger partial charge in [-0.05, 0) is 30.7 Å². The summed E-state index contributed by atoms with van der Waals surface area (Å²) in [6, 6.07) is 15.5. The van der Waals surface area contributed by atoms with Gasteiger partial charge >= 0.3 is 0 Å². The monoisotopic (exact) mass is 355 g/mol. The molecule has 5 heteroatoms. The van der Waals surface area contributed by atoms with E-state index in [9.17, 15) is 4.79 Å². The predicted octanol–water partition coefficient (Wildman–Crippen LogP) is 4.62. The Labute approximate surface area is 153 Å². The molecule has 0 radical (unpaired) electrons. The number of hydrogen-bond acceptors (Lipinski definition) is 2. The number of likely N-dealkylation sites (N-methyl/N-ethyl adjacent to an activating group) is 1. The Kier molecular flexibility index (Phi) is 5.39. The van der Waals surface area contributed by atoms with Crippen LogP contribution in [0.5, 0.6) is 0 Å². The number of carbonyl (C=O) groups is 1. The second kappa shape index (κ2) is 7.70. The van der Waals surface area contributed by atoms with Crippen LogP contribution >= 0.6 is 11.6 Å². The molecule has 1 heterocycles. The molecule has 1 amide bonds. The van der Waals surface area contributed by atoms with Gasteiger partial charge < -0.3 is 9.47 Å². The summed E-state index contributed by atoms with van der Waals surface area (Å²) in [5.74, 6) is 0.848. The van der Waals surface area contributed by atoms with Gasteiger partial charge in [0.1, 0.15) is 12.4 Å². The fourth-order valence-electron chi connectivity index (χ4n) is 2.86. The SMILES string of the molecule is CCCCN(C)C(=O)Cn1c(-c2cccc(Cl)c2)nc2ccccc21. The molecule has 0 N–H and O–H groups in total. The van der Waals surface area contributed by atoms with Crippen LogP contribution in [0.1, 0.15) is 19.8 Å². The van der Waals surface area contributed by atoms with Crippen molar-refractivity contribution in [3.8, 4) is 11.4 Å². The molecule has 0 aliphatic carbocycles. The molecule has 25 heavy (non-hydrogen) atoms. The summed E-state index contributed by atoms with van der Waals surface area (Å²) in [7, 11) is 1.86. The van der Waals surface area contributed by atoms with Crippen molar-refractivity contribution in [2.75, 3.05) is 13.6 Å². The summed E-state index contributed by atoms with van der Waals surface area (Å²) in [5, 5.41) is 0.655. The van der Waals surface area contributed by atoms with Crippen molar-refractivity contribution < 1.29 is 4.79 Å². The van der Waals surface area contributed by atoms with E-state index in [2.05, 4.69) is 6.92 Å². The van der Waals surface area contributed by atoms with Crippen LogP contribution in [-0.4, -0.2) is 34.0 Å². The number of amides is 1. The zero-order chi connectivity index (χ0) is 17.8. The maximum atomic E-state index is 12.7. The number of unbranched alkanes of at least 4 members (excludes halogenated alkanes) is 1. The van der Waals surface area contributed by atoms with Gasteiger partial charge in [-0.3, -0.25) is 4.79 Å². The van der Waals surface area contributed by atoms with E-state index >= 15 is 0 Å². The van der Waals surface area contributed by atoms with E-state index in [-0.39, 0.29) is 12.5 Å². The lowest BCUT2D eigenvalue weighted by Gasteiger charge is -2.18. The number of aromatic nitrogens is 2. The predicted molar refractivity (Wildman–Crippen MR) is 103 cm³/mol. The summed E-state index contributed by atoms with van der Waals surface area (Å²) in [5.41, 5.74) is 2.74. The molecule has 3 aromatic rings. The van der Waals surface area contributed by atoms with Crippen LogP contribution in [0.15, 0.2) is 48.5 Å². The van der Waals surface area contributed by atoms with Crippen LogP contribution in [0, 0.1) is 0 Å². The van der Waals surface area contributed by atoms with E-state index in [0.717, 1.165) is 41.8 Å². The lowest BCUT2D eigenvalue weighted by atomic mass is 10.2. The number of halogens is 1. The van der Waals surface area contributed by atoms with Gasteiger partial charge in [0.15, 0.2) is 0 Å². The highest BCUT2D eigenvalue weighted by molar-refractivity contribution is 6.30. The molecular weight excluding hydrogens is 334 g/mol. The molecule has 0 saturated carbocycles. The standard InChI is InChI=1S/C20H22ClN3O/c1-3-4-12-23(2)19(25)14-24-18-11-6-5-10-17(18)22-20(24)15-8-7-9-16(21)13-15/h5-11,13H,3-4,12,14H2,1-2H3. The molecular formula is C20H22ClN3O. The third-order valence-corrected chi connectivity index (χ3v) is 4.54. The van der Waals surface area contributed by atoms with Crippen LogP contribution in [-0.2, 0) is 11.3 Å². The molecule has 0 saturated heterocycles. The molecule has 2 aromatic carbocycles. The van der Waals surface area contributed by atoms with Crippen molar-refractivity contribution in [1.82, 2.24) is 14.5 Å². The Morgan fingerprint density at radius 1 is 1.20 bits per heavy atom. The number of para-hydroxylation sites is 2. The first kappa shape index (κ1) is 17.5. The summed E-state index contributed by atoms with van der Waals surface area (Å²) >= 11 is 6.15. The lowest BCUT2D eigenvalue weighted by Crippen LogP contribution is -2.31. The van der Waals surface area contributed by atoms with Gasteiger partial charge in [-0.1, -0.05) is 49.2 Å². The van der Waals surface area contributed by atoms with Gasteiger partial charge in [-0.15, -0.1) is 0 Å². The molecule has 4 nitrogen and oxygen atoms in total. The molecule has 3 rings (SSSR count). The Morgan fingerprint density at radius 3 is 2.76 bits per heavy atom. The van der Waals surface area contributed by atoms with Crippen LogP contribution in [0.3, 0.4) is 0 Å². The van der Waals surface area contributed by atoms with Crippen molar-refractivity contribution in [1.29, 1.82) is 0 Å². The molecule has 0 atom stereocenters. The second-order valence-electron chi connectivity index (χ2n) is 6.19. The highest BCUT2D eigenvalue weighted by atomic mass is 35.5. The van der Waals surface area contributed by atoms with Crippen molar-refractivity contribution in [2.24, 2.45) is 0 Å². The minimum absolute atomic E-state index is 0.0832. The van der Waals surface area contributed by atoms with E-state index in [0.29, 0.717) is 5.02 Å². The van der Waals surface area contributed by atoms with E-state index in [1.165, 1.54) is 0 Å². The summed E-state index contributed by atoms with van der Waals surface area (Å²) in [6.07, 6.45) is 2.08. The fourth-order valence-corrected chi connectivity index (χ4v) is 3.05. The maximum Gasteiger partial charge on any atom is 0.242 e. The van der Waals surface area contributed by atoms with Gasteiger partial charge in [-0.25, -0.2) is 4.98 Å². The average molecular weight is 356 g/mol. The van der Waals surface area contributed by atoms with Crippen LogP contribution in [0.4, 0.5) is 0 Å². The number of imidazole rings is 1. The number of benzene rings is 2. The zero-order valence-electron chi connectivity index (χ0n) is 14.6. The Balaban J connectivity index is 2.00. The molecule has 0 fully saturated rings. The number of hydrogen-bond donors (Lipinski definition) is 0. The quantitative estimate of drug-likeness (QED) is 0.647. The average Bonchev–Trinajstić information content (AvgIpc) is 2.98. The minimum Gasteiger partial charge on any atom is -0.344 e. The van der Waals surface area contributed by atoms with Gasteiger partial charge in [0.05, 0.1) is 11.0 Å². The Hall–Kier alpha value is -2.33. The highest BCUT2D eigenvalue weighted by Gasteiger charge is 2.17. The first-order valence-electron chi connectivity index (χ1n) is 8.55. The largest absolute Gasteiger partial charge is 0.344 e. The normalized spacial score (nSPS) is 11.0. The van der Waals surface area contributed by atoms with Crippen molar-refractivity contribution in [2.45, 2.75) is 26.3 Å². The molecule has 0 aliphatic heterocycles. The van der Waals surface area contributed by atoms with E-state index in [1.54, 1.807) is 4.90 Å². The van der Waals surface area contributed by atoms with Gasteiger partial charge in [0.2, 0.25) is 5.91 Å². The van der Waals surface area contributed by atoms with Gasteiger partial charge in [0, 0.05) is 24.2 Å². The highest BCUT2D eigenvalue weighted by Crippen LogP contribution is 2.26. The third kappa shape index (κ3) is 3.85. The zero-order valence-corrected chi connectivity index (χ0v) is 15.3. The number of nitrogens with zero attached hydrogens (tertiary/aromatic N) is 3. The van der Waals surface area contributed by atoms with Gasteiger partial charge in [-0.2, -0.15) is 0 Å². The number of carbonyl (C=O) groups excluding carboxylic acids is 1.